The van der Waals surface area contributed by atoms with Crippen LogP contribution in [-0.4, -0.2) is 84.7 Å². The normalized spacial score (nSPS) is 11.4. The minimum absolute atomic E-state index is 0.242. The second-order valence-corrected chi connectivity index (χ2v) is 10.3. The fourth-order valence-electron chi connectivity index (χ4n) is 3.67. The first-order valence-electron chi connectivity index (χ1n) is 11.1. The summed E-state index contributed by atoms with van der Waals surface area (Å²) < 4.78 is 39.2. The third kappa shape index (κ3) is 6.96. The molecule has 0 atom stereocenters. The molecule has 0 unspecified atom stereocenters. The molecule has 0 bridgehead atoms. The number of nitrogens with zero attached hydrogens (tertiary/aromatic N) is 4. The van der Waals surface area contributed by atoms with E-state index < -0.39 is 22.0 Å². The Hall–Kier alpha value is -3.68. The Kier molecular flexibility index (Phi) is 10.00. The zero-order chi connectivity index (χ0) is 27.9. The summed E-state index contributed by atoms with van der Waals surface area (Å²) in [7, 11) is 4.82. The van der Waals surface area contributed by atoms with Crippen molar-refractivity contribution < 1.29 is 37.7 Å². The van der Waals surface area contributed by atoms with Crippen molar-refractivity contribution in [2.75, 3.05) is 35.4 Å². The number of aryl methyl sites for hydroxylation is 1. The highest BCUT2D eigenvalue weighted by Crippen LogP contribution is 2.31. The summed E-state index contributed by atoms with van der Waals surface area (Å²) in [5.74, 6) is -1.35. The monoisotopic (exact) mass is 536 g/mol. The van der Waals surface area contributed by atoms with E-state index in [1.807, 2.05) is 31.3 Å². The highest BCUT2D eigenvalue weighted by molar-refractivity contribution is 7.89. The highest BCUT2D eigenvalue weighted by atomic mass is 32.2. The summed E-state index contributed by atoms with van der Waals surface area (Å²) in [4.78, 5) is 25.3. The van der Waals surface area contributed by atoms with Gasteiger partial charge in [-0.15, -0.1) is 0 Å². The quantitative estimate of drug-likeness (QED) is 0.389. The van der Waals surface area contributed by atoms with Gasteiger partial charge in [0.15, 0.2) is 11.5 Å². The number of methoxy groups -OCH3 is 2. The zero-order valence-corrected chi connectivity index (χ0v) is 22.4. The standard InChI is InChI=1S/C22H30N4O4S.C2H2O4/c1-7-26-19-12-11-17(31(27,28)24(2)3)13-18(19)23-21(26)15-25(4)14-16-9-8-10-20(29-5)22(16)30-6;3-1(4)2(5)6/h8-13H,7,14-15H2,1-6H3;(H,3,4)(H,5,6). The van der Waals surface area contributed by atoms with Gasteiger partial charge in [0.1, 0.15) is 5.82 Å². The third-order valence-electron chi connectivity index (χ3n) is 5.41. The smallest absolute Gasteiger partial charge is 0.414 e. The first-order valence-corrected chi connectivity index (χ1v) is 12.6. The van der Waals surface area contributed by atoms with Crippen LogP contribution < -0.4 is 9.47 Å². The van der Waals surface area contributed by atoms with Gasteiger partial charge in [-0.2, -0.15) is 0 Å². The molecular weight excluding hydrogens is 504 g/mol. The topological polar surface area (TPSA) is 152 Å². The van der Waals surface area contributed by atoms with Crippen LogP contribution in [0.4, 0.5) is 0 Å². The molecule has 2 N–H and O–H groups in total. The number of aliphatic carboxylic acids is 2. The number of hydrogen-bond acceptors (Lipinski definition) is 8. The number of aromatic nitrogens is 2. The van der Waals surface area contributed by atoms with Crippen molar-refractivity contribution in [1.82, 2.24) is 18.8 Å². The molecule has 3 rings (SSSR count). The summed E-state index contributed by atoms with van der Waals surface area (Å²) in [6, 6.07) is 10.9. The van der Waals surface area contributed by atoms with E-state index in [1.165, 1.54) is 18.4 Å². The van der Waals surface area contributed by atoms with Crippen molar-refractivity contribution in [3.8, 4) is 11.5 Å². The van der Waals surface area contributed by atoms with Crippen molar-refractivity contribution in [3.63, 3.8) is 0 Å². The van der Waals surface area contributed by atoms with E-state index in [0.717, 1.165) is 29.2 Å². The molecule has 13 heteroatoms. The van der Waals surface area contributed by atoms with Crippen LogP contribution in [0.3, 0.4) is 0 Å². The van der Waals surface area contributed by atoms with Crippen LogP contribution in [-0.2, 0) is 39.2 Å². The van der Waals surface area contributed by atoms with Crippen LogP contribution in [0.15, 0.2) is 41.3 Å². The molecule has 0 aliphatic rings. The number of rotatable bonds is 9. The maximum Gasteiger partial charge on any atom is 0.414 e. The van der Waals surface area contributed by atoms with E-state index in [2.05, 4.69) is 16.4 Å². The Bertz CT molecular complexity index is 1360. The van der Waals surface area contributed by atoms with Crippen molar-refractivity contribution in [3.05, 3.63) is 47.8 Å². The highest BCUT2D eigenvalue weighted by Gasteiger charge is 2.20. The molecule has 0 aliphatic carbocycles. The van der Waals surface area contributed by atoms with Gasteiger partial charge in [0, 0.05) is 32.7 Å². The summed E-state index contributed by atoms with van der Waals surface area (Å²) in [5.41, 5.74) is 2.61. The lowest BCUT2D eigenvalue weighted by atomic mass is 10.1. The Labute approximate surface area is 215 Å². The number of carbonyl (C=O) groups is 2. The zero-order valence-electron chi connectivity index (χ0n) is 21.6. The minimum atomic E-state index is -3.51. The average Bonchev–Trinajstić information content (AvgIpc) is 3.19. The Balaban J connectivity index is 0.000000717. The Morgan fingerprint density at radius 2 is 1.65 bits per heavy atom. The first kappa shape index (κ1) is 29.5. The second-order valence-electron chi connectivity index (χ2n) is 8.15. The maximum absolute atomic E-state index is 12.5. The third-order valence-corrected chi connectivity index (χ3v) is 7.22. The lowest BCUT2D eigenvalue weighted by molar-refractivity contribution is -0.159. The van der Waals surface area contributed by atoms with Crippen LogP contribution in [0.25, 0.3) is 11.0 Å². The molecule has 2 aromatic carbocycles. The lowest BCUT2D eigenvalue weighted by Gasteiger charge is -2.19. The number of benzene rings is 2. The van der Waals surface area contributed by atoms with Gasteiger partial charge in [-0.1, -0.05) is 12.1 Å². The molecule has 1 heterocycles. The number of carboxylic acids is 2. The molecule has 37 heavy (non-hydrogen) atoms. The van der Waals surface area contributed by atoms with Crippen LogP contribution in [0, 0.1) is 0 Å². The molecule has 0 fully saturated rings. The SMILES string of the molecule is CCn1c(CN(C)Cc2cccc(OC)c2OC)nc2cc(S(=O)(=O)N(C)C)ccc21.O=C(O)C(=O)O. The van der Waals surface area contributed by atoms with Gasteiger partial charge in [-0.05, 0) is 38.2 Å². The molecule has 0 aliphatic heterocycles. The number of sulfonamides is 1. The van der Waals surface area contributed by atoms with E-state index >= 15 is 0 Å². The van der Waals surface area contributed by atoms with Crippen LogP contribution >= 0.6 is 0 Å². The van der Waals surface area contributed by atoms with Crippen LogP contribution in [0.1, 0.15) is 18.3 Å². The predicted molar refractivity (Wildman–Crippen MR) is 136 cm³/mol. The molecule has 0 saturated heterocycles. The number of hydrogen-bond donors (Lipinski definition) is 2. The Morgan fingerprint density at radius 3 is 2.16 bits per heavy atom. The average molecular weight is 537 g/mol. The number of carboxylic acid groups (broad SMARTS) is 2. The summed E-state index contributed by atoms with van der Waals surface area (Å²) >= 11 is 0. The van der Waals surface area contributed by atoms with Gasteiger partial charge in [-0.25, -0.2) is 27.3 Å². The molecule has 0 amide bonds. The fraction of sp³-hybridized carbons (Fsp3) is 0.375. The van der Waals surface area contributed by atoms with Crippen LogP contribution in [0.5, 0.6) is 11.5 Å². The van der Waals surface area contributed by atoms with Crippen molar-refractivity contribution in [2.24, 2.45) is 0 Å². The van der Waals surface area contributed by atoms with Crippen molar-refractivity contribution >= 4 is 33.0 Å². The summed E-state index contributed by atoms with van der Waals surface area (Å²) in [6.07, 6.45) is 0. The van der Waals surface area contributed by atoms with E-state index in [1.54, 1.807) is 26.4 Å². The van der Waals surface area contributed by atoms with Gasteiger partial charge in [-0.3, -0.25) is 4.90 Å². The van der Waals surface area contributed by atoms with Gasteiger partial charge in [0.25, 0.3) is 0 Å². The number of imidazole rings is 1. The molecule has 0 radical (unpaired) electrons. The largest absolute Gasteiger partial charge is 0.493 e. The minimum Gasteiger partial charge on any atom is -0.493 e. The van der Waals surface area contributed by atoms with E-state index in [9.17, 15) is 8.42 Å². The molecule has 3 aromatic rings. The summed E-state index contributed by atoms with van der Waals surface area (Å²) in [5, 5.41) is 14.8. The van der Waals surface area contributed by atoms with E-state index in [0.29, 0.717) is 24.4 Å². The lowest BCUT2D eigenvalue weighted by Crippen LogP contribution is -2.22. The molecule has 0 spiro atoms. The van der Waals surface area contributed by atoms with Gasteiger partial charge in [0.05, 0.1) is 36.7 Å². The van der Waals surface area contributed by atoms with E-state index in [-0.39, 0.29) is 4.90 Å². The maximum atomic E-state index is 12.5. The number of para-hydroxylation sites is 1. The fourth-order valence-corrected chi connectivity index (χ4v) is 4.59. The number of ether oxygens (including phenoxy) is 2. The molecule has 0 saturated carbocycles. The predicted octanol–water partition coefficient (Wildman–Crippen LogP) is 2.11. The number of fused-ring (bicyclic) bond motifs is 1. The molecule has 12 nitrogen and oxygen atoms in total. The van der Waals surface area contributed by atoms with Gasteiger partial charge in [0.2, 0.25) is 10.0 Å². The Morgan fingerprint density at radius 1 is 1.00 bits per heavy atom. The second kappa shape index (κ2) is 12.5. The molecule has 202 valence electrons. The van der Waals surface area contributed by atoms with Gasteiger partial charge < -0.3 is 24.3 Å². The first-order chi connectivity index (χ1) is 17.4. The van der Waals surface area contributed by atoms with Crippen LogP contribution in [0.2, 0.25) is 0 Å². The summed E-state index contributed by atoms with van der Waals surface area (Å²) in [6.45, 7) is 4.04. The van der Waals surface area contributed by atoms with Crippen molar-refractivity contribution in [1.29, 1.82) is 0 Å². The molecule has 1 aromatic heterocycles. The van der Waals surface area contributed by atoms with E-state index in [4.69, 9.17) is 34.3 Å². The van der Waals surface area contributed by atoms with Crippen molar-refractivity contribution in [2.45, 2.75) is 31.5 Å². The van der Waals surface area contributed by atoms with Gasteiger partial charge >= 0.3 is 11.9 Å². The molecular formula is C24H32N4O8S.